The van der Waals surface area contributed by atoms with Crippen molar-refractivity contribution in [2.45, 2.75) is 59.1 Å². The van der Waals surface area contributed by atoms with Crippen LogP contribution in [0.2, 0.25) is 0 Å². The van der Waals surface area contributed by atoms with Gasteiger partial charge in [0, 0.05) is 43.5 Å². The van der Waals surface area contributed by atoms with Crippen molar-refractivity contribution in [1.82, 2.24) is 15.6 Å². The second-order valence-corrected chi connectivity index (χ2v) is 8.34. The summed E-state index contributed by atoms with van der Waals surface area (Å²) in [6, 6.07) is 0.364. The van der Waals surface area contributed by atoms with Gasteiger partial charge in [0.25, 0.3) is 0 Å². The molecule has 5 nitrogen and oxygen atoms in total. The molecule has 0 aromatic carbocycles. The first-order chi connectivity index (χ1) is 10.7. The molecule has 2 unspecified atom stereocenters. The molecule has 1 heterocycles. The van der Waals surface area contributed by atoms with Crippen LogP contribution in [-0.4, -0.2) is 43.3 Å². The lowest BCUT2D eigenvalue weighted by Crippen LogP contribution is -2.69. The van der Waals surface area contributed by atoms with E-state index in [1.54, 1.807) is 18.4 Å². The Hall–Kier alpha value is -0.410. The van der Waals surface area contributed by atoms with E-state index < -0.39 is 0 Å². The Morgan fingerprint density at radius 3 is 2.50 bits per heavy atom. The Morgan fingerprint density at radius 1 is 1.38 bits per heavy atom. The molecule has 0 amide bonds. The van der Waals surface area contributed by atoms with Gasteiger partial charge in [-0.2, -0.15) is 0 Å². The molecule has 7 heteroatoms. The number of hydrogen-bond donors (Lipinski definition) is 2. The summed E-state index contributed by atoms with van der Waals surface area (Å²) in [4.78, 5) is 10.2. The summed E-state index contributed by atoms with van der Waals surface area (Å²) in [7, 11) is 3.61. The van der Waals surface area contributed by atoms with Gasteiger partial charge in [-0.25, -0.2) is 4.98 Å². The lowest BCUT2D eigenvalue weighted by Gasteiger charge is -2.59. The highest BCUT2D eigenvalue weighted by atomic mass is 127. The molecule has 1 saturated carbocycles. The van der Waals surface area contributed by atoms with Crippen LogP contribution >= 0.6 is 35.3 Å². The SMILES string of the molecule is CN=C(NCCc1nc(C)c(C)s1)NC1CC(C)(OC)C1(C)C.I. The number of aliphatic imine (C=N–C) groups is 1. The van der Waals surface area contributed by atoms with E-state index in [2.05, 4.69) is 55.2 Å². The maximum Gasteiger partial charge on any atom is 0.191 e. The highest BCUT2D eigenvalue weighted by Gasteiger charge is 2.58. The molecule has 0 bridgehead atoms. The number of thiazole rings is 1. The van der Waals surface area contributed by atoms with Gasteiger partial charge < -0.3 is 15.4 Å². The standard InChI is InChI=1S/C17H30N4OS.HI/c1-11-12(2)23-14(20-11)8-9-19-15(18-6)21-13-10-17(5,22-7)16(13,3)4;/h13H,8-10H2,1-7H3,(H2,18,19,21);1H. The third-order valence-corrected chi connectivity index (χ3v) is 6.65. The van der Waals surface area contributed by atoms with Gasteiger partial charge >= 0.3 is 0 Å². The van der Waals surface area contributed by atoms with Crippen molar-refractivity contribution in [3.63, 3.8) is 0 Å². The minimum absolute atomic E-state index is 0. The minimum atomic E-state index is -0.0700. The minimum Gasteiger partial charge on any atom is -0.378 e. The predicted octanol–water partition coefficient (Wildman–Crippen LogP) is 3.29. The first-order valence-corrected chi connectivity index (χ1v) is 9.00. The predicted molar refractivity (Wildman–Crippen MR) is 113 cm³/mol. The number of aryl methyl sites for hydroxylation is 2. The van der Waals surface area contributed by atoms with Gasteiger partial charge in [0.2, 0.25) is 0 Å². The Morgan fingerprint density at radius 2 is 2.04 bits per heavy atom. The number of ether oxygens (including phenoxy) is 1. The summed E-state index contributed by atoms with van der Waals surface area (Å²) in [5.74, 6) is 0.853. The van der Waals surface area contributed by atoms with E-state index in [0.29, 0.717) is 6.04 Å². The molecule has 2 atom stereocenters. The van der Waals surface area contributed by atoms with Crippen LogP contribution < -0.4 is 10.6 Å². The molecule has 24 heavy (non-hydrogen) atoms. The van der Waals surface area contributed by atoms with E-state index in [9.17, 15) is 0 Å². The lowest BCUT2D eigenvalue weighted by molar-refractivity contribution is -0.176. The van der Waals surface area contributed by atoms with Gasteiger partial charge in [0.1, 0.15) is 0 Å². The summed E-state index contributed by atoms with van der Waals surface area (Å²) in [6.07, 6.45) is 1.91. The van der Waals surface area contributed by atoms with Crippen molar-refractivity contribution in [3.05, 3.63) is 15.6 Å². The first-order valence-electron chi connectivity index (χ1n) is 8.18. The van der Waals surface area contributed by atoms with E-state index in [1.165, 1.54) is 9.88 Å². The fourth-order valence-corrected chi connectivity index (χ4v) is 3.95. The smallest absolute Gasteiger partial charge is 0.191 e. The molecule has 0 saturated heterocycles. The van der Waals surface area contributed by atoms with Gasteiger partial charge in [-0.05, 0) is 27.2 Å². The highest BCUT2D eigenvalue weighted by molar-refractivity contribution is 14.0. The molecule has 0 spiro atoms. The molecule has 0 radical (unpaired) electrons. The average Bonchev–Trinajstić information content (AvgIpc) is 2.83. The number of nitrogens with zero attached hydrogens (tertiary/aromatic N) is 2. The van der Waals surface area contributed by atoms with E-state index >= 15 is 0 Å². The average molecular weight is 466 g/mol. The van der Waals surface area contributed by atoms with Crippen molar-refractivity contribution >= 4 is 41.3 Å². The van der Waals surface area contributed by atoms with Crippen LogP contribution in [0.15, 0.2) is 4.99 Å². The van der Waals surface area contributed by atoms with Crippen molar-refractivity contribution in [3.8, 4) is 0 Å². The first kappa shape index (κ1) is 21.6. The molecule has 1 aliphatic carbocycles. The Bertz CT molecular complexity index is 568. The molecule has 1 fully saturated rings. The van der Waals surface area contributed by atoms with Crippen LogP contribution in [0.3, 0.4) is 0 Å². The van der Waals surface area contributed by atoms with Crippen molar-refractivity contribution in [2.24, 2.45) is 10.4 Å². The topological polar surface area (TPSA) is 58.5 Å². The van der Waals surface area contributed by atoms with Crippen LogP contribution in [0, 0.1) is 19.3 Å². The third kappa shape index (κ3) is 4.22. The maximum atomic E-state index is 5.68. The number of aromatic nitrogens is 1. The Labute approximate surface area is 167 Å². The van der Waals surface area contributed by atoms with Gasteiger partial charge in [-0.1, -0.05) is 13.8 Å². The molecule has 2 N–H and O–H groups in total. The van der Waals surface area contributed by atoms with Crippen LogP contribution in [0.1, 0.15) is 42.8 Å². The number of halogens is 1. The van der Waals surface area contributed by atoms with Crippen LogP contribution in [0.25, 0.3) is 0 Å². The largest absolute Gasteiger partial charge is 0.378 e. The van der Waals surface area contributed by atoms with Crippen LogP contribution in [-0.2, 0) is 11.2 Å². The molecule has 2 rings (SSSR count). The second kappa shape index (κ2) is 8.31. The summed E-state index contributed by atoms with van der Waals surface area (Å²) in [6.45, 7) is 11.7. The zero-order chi connectivity index (χ0) is 17.3. The summed E-state index contributed by atoms with van der Waals surface area (Å²) >= 11 is 1.78. The van der Waals surface area contributed by atoms with E-state index in [-0.39, 0.29) is 35.0 Å². The molecular weight excluding hydrogens is 435 g/mol. The number of rotatable bonds is 5. The Balaban J connectivity index is 0.00000288. The molecule has 1 aromatic heterocycles. The molecule has 0 aliphatic heterocycles. The summed E-state index contributed by atoms with van der Waals surface area (Å²) in [5.41, 5.74) is 1.14. The van der Waals surface area contributed by atoms with E-state index in [4.69, 9.17) is 4.74 Å². The van der Waals surface area contributed by atoms with Gasteiger partial charge in [-0.15, -0.1) is 35.3 Å². The molecule has 1 aromatic rings. The molecule has 1 aliphatic rings. The van der Waals surface area contributed by atoms with Gasteiger partial charge in [0.05, 0.1) is 16.3 Å². The molecule has 138 valence electrons. The van der Waals surface area contributed by atoms with Gasteiger partial charge in [-0.3, -0.25) is 4.99 Å². The highest BCUT2D eigenvalue weighted by Crippen LogP contribution is 2.51. The number of methoxy groups -OCH3 is 1. The van der Waals surface area contributed by atoms with Crippen molar-refractivity contribution < 1.29 is 4.74 Å². The number of nitrogens with one attached hydrogen (secondary N) is 2. The summed E-state index contributed by atoms with van der Waals surface area (Å²) in [5, 5.41) is 8.10. The zero-order valence-corrected chi connectivity index (χ0v) is 19.0. The fourth-order valence-electron chi connectivity index (χ4n) is 3.02. The third-order valence-electron chi connectivity index (χ3n) is 5.52. The van der Waals surface area contributed by atoms with Crippen molar-refractivity contribution in [1.29, 1.82) is 0 Å². The fraction of sp³-hybridized carbons (Fsp3) is 0.765. The van der Waals surface area contributed by atoms with Crippen LogP contribution in [0.5, 0.6) is 0 Å². The summed E-state index contributed by atoms with van der Waals surface area (Å²) < 4.78 is 5.68. The number of guanidine groups is 1. The van der Waals surface area contributed by atoms with Gasteiger partial charge in [0.15, 0.2) is 5.96 Å². The number of hydrogen-bond acceptors (Lipinski definition) is 4. The molecular formula is C17H31IN4OS. The van der Waals surface area contributed by atoms with E-state index in [1.807, 2.05) is 7.05 Å². The Kier molecular flexibility index (Phi) is 7.49. The van der Waals surface area contributed by atoms with Crippen LogP contribution in [0.4, 0.5) is 0 Å². The zero-order valence-electron chi connectivity index (χ0n) is 15.8. The van der Waals surface area contributed by atoms with E-state index in [0.717, 1.165) is 31.0 Å². The lowest BCUT2D eigenvalue weighted by atomic mass is 9.56. The maximum absolute atomic E-state index is 5.68. The monoisotopic (exact) mass is 466 g/mol. The second-order valence-electron chi connectivity index (χ2n) is 7.06. The quantitative estimate of drug-likeness (QED) is 0.397. The van der Waals surface area contributed by atoms with Crippen molar-refractivity contribution in [2.75, 3.05) is 20.7 Å². The normalized spacial score (nSPS) is 25.6.